The standard InChI is InChI=1S/C13H18ClFN2/c14-11-6-5-9(7-12(11)15)8-13(17-16)10-3-1-2-4-10/h5-7,10,13,17H,1-4,8,16H2. The van der Waals surface area contributed by atoms with E-state index in [9.17, 15) is 4.39 Å². The maximum absolute atomic E-state index is 13.3. The minimum atomic E-state index is -0.355. The molecular weight excluding hydrogens is 239 g/mol. The molecule has 2 nitrogen and oxygen atoms in total. The Bertz CT molecular complexity index is 378. The van der Waals surface area contributed by atoms with Gasteiger partial charge in [0.25, 0.3) is 0 Å². The average molecular weight is 257 g/mol. The van der Waals surface area contributed by atoms with Crippen LogP contribution in [0.3, 0.4) is 0 Å². The molecule has 0 aliphatic heterocycles. The first-order valence-corrected chi connectivity index (χ1v) is 6.48. The summed E-state index contributed by atoms with van der Waals surface area (Å²) in [6.07, 6.45) is 5.74. The van der Waals surface area contributed by atoms with E-state index >= 15 is 0 Å². The molecule has 1 aliphatic rings. The van der Waals surface area contributed by atoms with Crippen molar-refractivity contribution in [2.24, 2.45) is 11.8 Å². The fourth-order valence-electron chi connectivity index (χ4n) is 2.64. The predicted octanol–water partition coefficient (Wildman–Crippen LogP) is 3.04. The second-order valence-corrected chi connectivity index (χ2v) is 5.18. The maximum Gasteiger partial charge on any atom is 0.142 e. The van der Waals surface area contributed by atoms with Crippen molar-refractivity contribution in [3.63, 3.8) is 0 Å². The van der Waals surface area contributed by atoms with Gasteiger partial charge in [0.05, 0.1) is 5.02 Å². The first-order valence-electron chi connectivity index (χ1n) is 6.10. The van der Waals surface area contributed by atoms with E-state index in [1.165, 1.54) is 31.7 Å². The van der Waals surface area contributed by atoms with Gasteiger partial charge in [-0.2, -0.15) is 0 Å². The Labute approximate surface area is 106 Å². The van der Waals surface area contributed by atoms with Crippen LogP contribution in [0.5, 0.6) is 0 Å². The smallest absolute Gasteiger partial charge is 0.142 e. The number of hydrazine groups is 1. The zero-order valence-electron chi connectivity index (χ0n) is 9.76. The van der Waals surface area contributed by atoms with Gasteiger partial charge in [-0.15, -0.1) is 0 Å². The third kappa shape index (κ3) is 3.18. The highest BCUT2D eigenvalue weighted by molar-refractivity contribution is 6.30. The van der Waals surface area contributed by atoms with Crippen LogP contribution in [-0.4, -0.2) is 6.04 Å². The quantitative estimate of drug-likeness (QED) is 0.642. The van der Waals surface area contributed by atoms with Crippen molar-refractivity contribution < 1.29 is 4.39 Å². The third-order valence-corrected chi connectivity index (χ3v) is 3.93. The lowest BCUT2D eigenvalue weighted by Gasteiger charge is -2.22. The van der Waals surface area contributed by atoms with Crippen molar-refractivity contribution in [1.29, 1.82) is 0 Å². The van der Waals surface area contributed by atoms with Gasteiger partial charge in [-0.3, -0.25) is 11.3 Å². The van der Waals surface area contributed by atoms with Crippen molar-refractivity contribution in [1.82, 2.24) is 5.43 Å². The number of hydrogen-bond acceptors (Lipinski definition) is 2. The summed E-state index contributed by atoms with van der Waals surface area (Å²) in [7, 11) is 0. The van der Waals surface area contributed by atoms with Gasteiger partial charge in [0.15, 0.2) is 0 Å². The molecule has 0 amide bonds. The molecule has 1 aliphatic carbocycles. The third-order valence-electron chi connectivity index (χ3n) is 3.62. The Kier molecular flexibility index (Phi) is 4.37. The van der Waals surface area contributed by atoms with Crippen LogP contribution in [0, 0.1) is 11.7 Å². The molecule has 1 aromatic carbocycles. The summed E-state index contributed by atoms with van der Waals surface area (Å²) in [5.41, 5.74) is 3.82. The minimum absolute atomic E-state index is 0.173. The molecular formula is C13H18ClFN2. The number of hydrogen-bond donors (Lipinski definition) is 2. The van der Waals surface area contributed by atoms with E-state index in [-0.39, 0.29) is 16.9 Å². The van der Waals surface area contributed by atoms with Gasteiger partial charge in [0.1, 0.15) is 5.82 Å². The molecule has 17 heavy (non-hydrogen) atoms. The molecule has 3 N–H and O–H groups in total. The molecule has 0 bridgehead atoms. The SMILES string of the molecule is NNC(Cc1ccc(Cl)c(F)c1)C1CCCC1. The summed E-state index contributed by atoms with van der Waals surface area (Å²) in [6, 6.07) is 5.21. The fourth-order valence-corrected chi connectivity index (χ4v) is 2.76. The van der Waals surface area contributed by atoms with Crippen LogP contribution in [0.25, 0.3) is 0 Å². The van der Waals surface area contributed by atoms with Gasteiger partial charge in [-0.25, -0.2) is 4.39 Å². The number of benzene rings is 1. The van der Waals surface area contributed by atoms with E-state index in [0.29, 0.717) is 5.92 Å². The topological polar surface area (TPSA) is 38.0 Å². The maximum atomic E-state index is 13.3. The summed E-state index contributed by atoms with van der Waals surface area (Å²) in [4.78, 5) is 0. The average Bonchev–Trinajstić information content (AvgIpc) is 2.84. The lowest BCUT2D eigenvalue weighted by molar-refractivity contribution is 0.361. The van der Waals surface area contributed by atoms with E-state index in [0.717, 1.165) is 12.0 Å². The normalized spacial score (nSPS) is 18.5. The van der Waals surface area contributed by atoms with Crippen molar-refractivity contribution in [3.8, 4) is 0 Å². The summed E-state index contributed by atoms with van der Waals surface area (Å²) in [5.74, 6) is 5.85. The first kappa shape index (κ1) is 12.8. The summed E-state index contributed by atoms with van der Waals surface area (Å²) in [5, 5.41) is 0.173. The van der Waals surface area contributed by atoms with Gasteiger partial charge in [-0.1, -0.05) is 30.5 Å². The molecule has 2 rings (SSSR count). The molecule has 1 fully saturated rings. The highest BCUT2D eigenvalue weighted by Crippen LogP contribution is 2.29. The van der Waals surface area contributed by atoms with Gasteiger partial charge in [0, 0.05) is 6.04 Å². The van der Waals surface area contributed by atoms with E-state index in [2.05, 4.69) is 5.43 Å². The van der Waals surface area contributed by atoms with Gasteiger partial charge in [-0.05, 0) is 42.9 Å². The Hall–Kier alpha value is -0.640. The van der Waals surface area contributed by atoms with Crippen molar-refractivity contribution >= 4 is 11.6 Å². The zero-order valence-corrected chi connectivity index (χ0v) is 10.5. The van der Waals surface area contributed by atoms with E-state index in [1.54, 1.807) is 6.07 Å². The van der Waals surface area contributed by atoms with Gasteiger partial charge >= 0.3 is 0 Å². The highest BCUT2D eigenvalue weighted by Gasteiger charge is 2.24. The lowest BCUT2D eigenvalue weighted by Crippen LogP contribution is -2.41. The van der Waals surface area contributed by atoms with Crippen LogP contribution < -0.4 is 11.3 Å². The predicted molar refractivity (Wildman–Crippen MR) is 68.2 cm³/mol. The lowest BCUT2D eigenvalue weighted by atomic mass is 9.93. The van der Waals surface area contributed by atoms with E-state index in [4.69, 9.17) is 17.4 Å². The number of nitrogens with two attached hydrogens (primary N) is 1. The van der Waals surface area contributed by atoms with Crippen LogP contribution in [0.1, 0.15) is 31.2 Å². The van der Waals surface area contributed by atoms with Crippen LogP contribution in [0.2, 0.25) is 5.02 Å². The highest BCUT2D eigenvalue weighted by atomic mass is 35.5. The molecule has 94 valence electrons. The second-order valence-electron chi connectivity index (χ2n) is 4.77. The minimum Gasteiger partial charge on any atom is -0.271 e. The van der Waals surface area contributed by atoms with Gasteiger partial charge < -0.3 is 0 Å². The first-order chi connectivity index (χ1) is 8.20. The largest absolute Gasteiger partial charge is 0.271 e. The molecule has 1 atom stereocenters. The van der Waals surface area contributed by atoms with Crippen LogP contribution >= 0.6 is 11.6 Å². The van der Waals surface area contributed by atoms with Crippen molar-refractivity contribution in [2.75, 3.05) is 0 Å². The Balaban J connectivity index is 2.04. The molecule has 4 heteroatoms. The summed E-state index contributed by atoms with van der Waals surface area (Å²) in [6.45, 7) is 0. The van der Waals surface area contributed by atoms with Crippen LogP contribution in [-0.2, 0) is 6.42 Å². The summed E-state index contributed by atoms with van der Waals surface area (Å²) < 4.78 is 13.3. The molecule has 0 spiro atoms. The van der Waals surface area contributed by atoms with Crippen LogP contribution in [0.15, 0.2) is 18.2 Å². The number of halogens is 2. The number of rotatable bonds is 4. The van der Waals surface area contributed by atoms with Gasteiger partial charge in [0.2, 0.25) is 0 Å². The molecule has 1 unspecified atom stereocenters. The summed E-state index contributed by atoms with van der Waals surface area (Å²) >= 11 is 5.66. The van der Waals surface area contributed by atoms with E-state index < -0.39 is 0 Å². The Morgan fingerprint density at radius 1 is 1.41 bits per heavy atom. The zero-order chi connectivity index (χ0) is 12.3. The van der Waals surface area contributed by atoms with Crippen molar-refractivity contribution in [2.45, 2.75) is 38.1 Å². The van der Waals surface area contributed by atoms with Crippen LogP contribution in [0.4, 0.5) is 4.39 Å². The van der Waals surface area contributed by atoms with E-state index in [1.807, 2.05) is 6.07 Å². The molecule has 0 saturated heterocycles. The Morgan fingerprint density at radius 3 is 2.71 bits per heavy atom. The molecule has 0 heterocycles. The Morgan fingerprint density at radius 2 is 2.12 bits per heavy atom. The second kappa shape index (κ2) is 5.80. The molecule has 1 saturated carbocycles. The molecule has 0 aromatic heterocycles. The molecule has 1 aromatic rings. The number of nitrogens with one attached hydrogen (secondary N) is 1. The van der Waals surface area contributed by atoms with Crippen molar-refractivity contribution in [3.05, 3.63) is 34.6 Å². The monoisotopic (exact) mass is 256 g/mol. The molecule has 0 radical (unpaired) electrons. The fraction of sp³-hybridized carbons (Fsp3) is 0.538.